The molecular formula is C8H6N4O2. The van der Waals surface area contributed by atoms with E-state index in [1.54, 1.807) is 30.3 Å². The SMILES string of the molecule is [N-]=[N+]=N/C(=C\[N+](=O)[O-])c1ccccc1. The molecule has 0 N–H and O–H groups in total. The third kappa shape index (κ3) is 2.62. The van der Waals surface area contributed by atoms with Crippen molar-refractivity contribution in [2.45, 2.75) is 0 Å². The zero-order chi connectivity index (χ0) is 10.4. The Labute approximate surface area is 79.3 Å². The maximum atomic E-state index is 10.2. The summed E-state index contributed by atoms with van der Waals surface area (Å²) in [6, 6.07) is 8.43. The molecule has 0 aliphatic heterocycles. The van der Waals surface area contributed by atoms with E-state index in [1.807, 2.05) is 0 Å². The summed E-state index contributed by atoms with van der Waals surface area (Å²) < 4.78 is 0. The molecule has 0 aliphatic carbocycles. The van der Waals surface area contributed by atoms with Crippen LogP contribution in [0.4, 0.5) is 0 Å². The normalized spacial score (nSPS) is 10.4. The summed E-state index contributed by atoms with van der Waals surface area (Å²) in [4.78, 5) is 12.1. The fourth-order valence-corrected chi connectivity index (χ4v) is 0.915. The van der Waals surface area contributed by atoms with Gasteiger partial charge in [-0.15, -0.1) is 0 Å². The van der Waals surface area contributed by atoms with Gasteiger partial charge >= 0.3 is 0 Å². The Morgan fingerprint density at radius 2 is 2.14 bits per heavy atom. The second-order valence-electron chi connectivity index (χ2n) is 2.36. The lowest BCUT2D eigenvalue weighted by Crippen LogP contribution is -1.87. The molecule has 1 aromatic rings. The van der Waals surface area contributed by atoms with E-state index < -0.39 is 4.92 Å². The smallest absolute Gasteiger partial charge is 0.244 e. The molecule has 70 valence electrons. The molecule has 0 saturated carbocycles. The van der Waals surface area contributed by atoms with Gasteiger partial charge in [-0.05, 0) is 11.1 Å². The van der Waals surface area contributed by atoms with E-state index in [0.29, 0.717) is 11.8 Å². The molecule has 14 heavy (non-hydrogen) atoms. The minimum absolute atomic E-state index is 0.00176. The number of hydrogen-bond donors (Lipinski definition) is 0. The molecule has 0 radical (unpaired) electrons. The average molecular weight is 190 g/mol. The summed E-state index contributed by atoms with van der Waals surface area (Å²) in [6.45, 7) is 0. The molecule has 0 bridgehead atoms. The van der Waals surface area contributed by atoms with Crippen molar-refractivity contribution in [2.24, 2.45) is 5.11 Å². The molecule has 0 aliphatic rings. The monoisotopic (exact) mass is 190 g/mol. The number of nitro groups is 1. The van der Waals surface area contributed by atoms with Gasteiger partial charge in [-0.25, -0.2) is 0 Å². The van der Waals surface area contributed by atoms with E-state index in [4.69, 9.17) is 5.53 Å². The van der Waals surface area contributed by atoms with Crippen LogP contribution in [-0.2, 0) is 0 Å². The Balaban J connectivity index is 3.13. The number of hydrogen-bond acceptors (Lipinski definition) is 3. The molecule has 0 saturated heterocycles. The van der Waals surface area contributed by atoms with Crippen LogP contribution in [-0.4, -0.2) is 4.92 Å². The lowest BCUT2D eigenvalue weighted by atomic mass is 10.2. The first kappa shape index (κ1) is 9.76. The first-order valence-corrected chi connectivity index (χ1v) is 3.70. The molecule has 0 aromatic heterocycles. The summed E-state index contributed by atoms with van der Waals surface area (Å²) in [7, 11) is 0. The number of nitrogens with zero attached hydrogens (tertiary/aromatic N) is 4. The van der Waals surface area contributed by atoms with Crippen molar-refractivity contribution in [3.05, 3.63) is 62.7 Å². The highest BCUT2D eigenvalue weighted by molar-refractivity contribution is 5.63. The first-order valence-electron chi connectivity index (χ1n) is 3.70. The maximum Gasteiger partial charge on any atom is 0.244 e. The van der Waals surface area contributed by atoms with Gasteiger partial charge in [-0.1, -0.05) is 35.4 Å². The summed E-state index contributed by atoms with van der Waals surface area (Å²) in [5, 5.41) is 13.4. The van der Waals surface area contributed by atoms with Gasteiger partial charge in [0.05, 0.1) is 4.92 Å². The van der Waals surface area contributed by atoms with Gasteiger partial charge in [0.25, 0.3) is 0 Å². The van der Waals surface area contributed by atoms with Gasteiger partial charge in [-0.3, -0.25) is 10.1 Å². The van der Waals surface area contributed by atoms with Gasteiger partial charge in [0, 0.05) is 4.91 Å². The van der Waals surface area contributed by atoms with Crippen LogP contribution >= 0.6 is 0 Å². The fourth-order valence-electron chi connectivity index (χ4n) is 0.915. The predicted octanol–water partition coefficient (Wildman–Crippen LogP) is 2.57. The Morgan fingerprint density at radius 1 is 1.50 bits per heavy atom. The minimum Gasteiger partial charge on any atom is -0.259 e. The Hall–Kier alpha value is -2.33. The van der Waals surface area contributed by atoms with E-state index in [0.717, 1.165) is 0 Å². The molecule has 0 amide bonds. The molecule has 1 rings (SSSR count). The third-order valence-electron chi connectivity index (χ3n) is 1.45. The largest absolute Gasteiger partial charge is 0.259 e. The topological polar surface area (TPSA) is 91.9 Å². The molecule has 0 atom stereocenters. The van der Waals surface area contributed by atoms with Crippen molar-refractivity contribution in [3.63, 3.8) is 0 Å². The van der Waals surface area contributed by atoms with Gasteiger partial charge in [0.15, 0.2) is 0 Å². The molecule has 6 heteroatoms. The van der Waals surface area contributed by atoms with E-state index in [-0.39, 0.29) is 5.70 Å². The fraction of sp³-hybridized carbons (Fsp3) is 0. The molecular weight excluding hydrogens is 184 g/mol. The van der Waals surface area contributed by atoms with Crippen molar-refractivity contribution >= 4 is 5.70 Å². The number of rotatable bonds is 3. The standard InChI is InChI=1S/C8H6N4O2/c9-11-10-8(6-12(13)14)7-4-2-1-3-5-7/h1-6H/b8-6-. The van der Waals surface area contributed by atoms with Crippen LogP contribution in [0.3, 0.4) is 0 Å². The van der Waals surface area contributed by atoms with Crippen LogP contribution in [0.1, 0.15) is 5.56 Å². The highest BCUT2D eigenvalue weighted by Gasteiger charge is 2.02. The predicted molar refractivity (Wildman–Crippen MR) is 50.6 cm³/mol. The van der Waals surface area contributed by atoms with Crippen molar-refractivity contribution in [1.29, 1.82) is 0 Å². The molecule has 0 unspecified atom stereocenters. The number of azide groups is 1. The van der Waals surface area contributed by atoms with E-state index in [1.165, 1.54) is 0 Å². The summed E-state index contributed by atoms with van der Waals surface area (Å²) in [5.74, 6) is 0. The second-order valence-corrected chi connectivity index (χ2v) is 2.36. The molecule has 0 fully saturated rings. The van der Waals surface area contributed by atoms with E-state index >= 15 is 0 Å². The quantitative estimate of drug-likeness (QED) is 0.241. The average Bonchev–Trinajstić information content (AvgIpc) is 2.18. The summed E-state index contributed by atoms with van der Waals surface area (Å²) in [6.07, 6.45) is 0.676. The van der Waals surface area contributed by atoms with Crippen LogP contribution in [0.25, 0.3) is 16.1 Å². The zero-order valence-corrected chi connectivity index (χ0v) is 7.07. The van der Waals surface area contributed by atoms with Crippen molar-refractivity contribution < 1.29 is 4.92 Å². The Bertz CT molecular complexity index is 407. The van der Waals surface area contributed by atoms with E-state index in [9.17, 15) is 10.1 Å². The van der Waals surface area contributed by atoms with Crippen LogP contribution in [0, 0.1) is 10.1 Å². The highest BCUT2D eigenvalue weighted by Crippen LogP contribution is 2.15. The molecule has 1 aromatic carbocycles. The molecule has 6 nitrogen and oxygen atoms in total. The Morgan fingerprint density at radius 3 is 2.64 bits per heavy atom. The van der Waals surface area contributed by atoms with Gasteiger partial charge in [0.1, 0.15) is 5.70 Å². The molecule has 0 heterocycles. The van der Waals surface area contributed by atoms with Crippen molar-refractivity contribution in [3.8, 4) is 0 Å². The summed E-state index contributed by atoms with van der Waals surface area (Å²) in [5.41, 5.74) is 8.72. The Kier molecular flexibility index (Phi) is 3.23. The number of benzene rings is 1. The van der Waals surface area contributed by atoms with Crippen molar-refractivity contribution in [2.75, 3.05) is 0 Å². The minimum atomic E-state index is -0.656. The van der Waals surface area contributed by atoms with Crippen LogP contribution in [0.2, 0.25) is 0 Å². The lowest BCUT2D eigenvalue weighted by Gasteiger charge is -1.95. The maximum absolute atomic E-state index is 10.2. The second kappa shape index (κ2) is 4.64. The van der Waals surface area contributed by atoms with Gasteiger partial charge in [0.2, 0.25) is 6.20 Å². The van der Waals surface area contributed by atoms with Crippen molar-refractivity contribution in [1.82, 2.24) is 0 Å². The highest BCUT2D eigenvalue weighted by atomic mass is 16.6. The molecule has 0 spiro atoms. The first-order chi connectivity index (χ1) is 6.74. The van der Waals surface area contributed by atoms with Crippen LogP contribution in [0.15, 0.2) is 41.6 Å². The van der Waals surface area contributed by atoms with Crippen LogP contribution < -0.4 is 0 Å². The van der Waals surface area contributed by atoms with Gasteiger partial charge < -0.3 is 0 Å². The van der Waals surface area contributed by atoms with Crippen LogP contribution in [0.5, 0.6) is 0 Å². The lowest BCUT2D eigenvalue weighted by molar-refractivity contribution is -0.401. The van der Waals surface area contributed by atoms with Gasteiger partial charge in [-0.2, -0.15) is 0 Å². The zero-order valence-electron chi connectivity index (χ0n) is 7.07. The summed E-state index contributed by atoms with van der Waals surface area (Å²) >= 11 is 0. The van der Waals surface area contributed by atoms with E-state index in [2.05, 4.69) is 10.0 Å². The third-order valence-corrected chi connectivity index (χ3v) is 1.45.